The molecule has 0 fully saturated rings. The predicted octanol–water partition coefficient (Wildman–Crippen LogP) is 3.07. The molecule has 0 aliphatic carbocycles. The number of sulfonamides is 1. The van der Waals surface area contributed by atoms with Crippen LogP contribution in [0.1, 0.15) is 5.56 Å². The lowest BCUT2D eigenvalue weighted by atomic mass is 10.0. The highest BCUT2D eigenvalue weighted by Crippen LogP contribution is 2.25. The molecule has 0 unspecified atom stereocenters. The Morgan fingerprint density at radius 1 is 1.14 bits per heavy atom. The summed E-state index contributed by atoms with van der Waals surface area (Å²) in [4.78, 5) is 12.3. The molecule has 9 heteroatoms. The molecule has 1 amide bonds. The standard InChI is InChI=1S/C20H18IN3O4S/c1-29(27,28)24(16-9-7-15(21)8-10-16)13-20(26)23-22-12-18-17-5-3-2-4-14(17)6-11-19(18)25/h2-12,25H,13H2,1H3,(H,23,26)/b22-12-. The second kappa shape index (κ2) is 8.78. The molecule has 0 saturated heterocycles. The summed E-state index contributed by atoms with van der Waals surface area (Å²) >= 11 is 2.11. The summed E-state index contributed by atoms with van der Waals surface area (Å²) in [5, 5.41) is 15.7. The summed E-state index contributed by atoms with van der Waals surface area (Å²) < 4.78 is 26.2. The van der Waals surface area contributed by atoms with Gasteiger partial charge in [0.05, 0.1) is 18.2 Å². The second-order valence-corrected chi connectivity index (χ2v) is 9.41. The minimum atomic E-state index is -3.66. The number of halogens is 1. The van der Waals surface area contributed by atoms with E-state index in [2.05, 4.69) is 33.1 Å². The number of carbonyl (C=O) groups is 1. The van der Waals surface area contributed by atoms with Crippen LogP contribution in [0.2, 0.25) is 0 Å². The fourth-order valence-corrected chi connectivity index (χ4v) is 3.98. The smallest absolute Gasteiger partial charge is 0.260 e. The van der Waals surface area contributed by atoms with Crippen molar-refractivity contribution in [2.24, 2.45) is 5.10 Å². The largest absolute Gasteiger partial charge is 0.507 e. The second-order valence-electron chi connectivity index (χ2n) is 6.26. The van der Waals surface area contributed by atoms with Gasteiger partial charge in [-0.1, -0.05) is 30.3 Å². The number of hydrazone groups is 1. The van der Waals surface area contributed by atoms with E-state index in [1.54, 1.807) is 36.4 Å². The molecule has 0 aromatic heterocycles. The van der Waals surface area contributed by atoms with Crippen molar-refractivity contribution in [1.82, 2.24) is 5.43 Å². The van der Waals surface area contributed by atoms with Crippen LogP contribution in [-0.2, 0) is 14.8 Å². The highest BCUT2D eigenvalue weighted by atomic mass is 127. The summed E-state index contributed by atoms with van der Waals surface area (Å²) in [5.41, 5.74) is 3.17. The number of rotatable bonds is 6. The quantitative estimate of drug-likeness (QED) is 0.295. The maximum atomic E-state index is 12.3. The number of carbonyl (C=O) groups excluding carboxylic acids is 1. The zero-order valence-corrected chi connectivity index (χ0v) is 18.4. The maximum Gasteiger partial charge on any atom is 0.260 e. The van der Waals surface area contributed by atoms with Crippen LogP contribution in [0.25, 0.3) is 10.8 Å². The number of fused-ring (bicyclic) bond motifs is 1. The van der Waals surface area contributed by atoms with E-state index in [-0.39, 0.29) is 5.75 Å². The summed E-state index contributed by atoms with van der Waals surface area (Å²) in [7, 11) is -3.66. The van der Waals surface area contributed by atoms with Gasteiger partial charge in [-0.25, -0.2) is 13.8 Å². The molecule has 0 bridgehead atoms. The highest BCUT2D eigenvalue weighted by molar-refractivity contribution is 14.1. The third-order valence-electron chi connectivity index (χ3n) is 4.13. The van der Waals surface area contributed by atoms with Crippen LogP contribution < -0.4 is 9.73 Å². The third-order valence-corrected chi connectivity index (χ3v) is 5.99. The first-order valence-electron chi connectivity index (χ1n) is 8.51. The van der Waals surface area contributed by atoms with E-state index >= 15 is 0 Å². The van der Waals surface area contributed by atoms with Crippen LogP contribution in [0.4, 0.5) is 5.69 Å². The molecule has 2 N–H and O–H groups in total. The SMILES string of the molecule is CS(=O)(=O)N(CC(=O)N/N=C\c1c(O)ccc2ccccc12)c1ccc(I)cc1. The number of anilines is 1. The topological polar surface area (TPSA) is 99.1 Å². The number of phenols is 1. The number of amides is 1. The summed E-state index contributed by atoms with van der Waals surface area (Å²) in [5.74, 6) is -0.580. The van der Waals surface area contributed by atoms with Crippen LogP contribution >= 0.6 is 22.6 Å². The third kappa shape index (κ3) is 5.24. The molecular formula is C20H18IN3O4S. The fourth-order valence-electron chi connectivity index (χ4n) is 2.76. The average Bonchev–Trinajstić information content (AvgIpc) is 2.68. The van der Waals surface area contributed by atoms with Crippen molar-refractivity contribution < 1.29 is 18.3 Å². The average molecular weight is 523 g/mol. The van der Waals surface area contributed by atoms with Crippen molar-refractivity contribution >= 4 is 61.2 Å². The van der Waals surface area contributed by atoms with Crippen molar-refractivity contribution in [3.8, 4) is 5.75 Å². The fraction of sp³-hybridized carbons (Fsp3) is 0.100. The van der Waals surface area contributed by atoms with Gasteiger partial charge in [-0.05, 0) is 63.7 Å². The minimum Gasteiger partial charge on any atom is -0.507 e. The molecular weight excluding hydrogens is 505 g/mol. The Labute approximate surface area is 182 Å². The van der Waals surface area contributed by atoms with Gasteiger partial charge in [0, 0.05) is 9.13 Å². The van der Waals surface area contributed by atoms with E-state index in [1.165, 1.54) is 6.21 Å². The van der Waals surface area contributed by atoms with E-state index in [0.29, 0.717) is 11.3 Å². The summed E-state index contributed by atoms with van der Waals surface area (Å²) in [6.07, 6.45) is 2.38. The van der Waals surface area contributed by atoms with Crippen LogP contribution in [0.15, 0.2) is 65.8 Å². The molecule has 0 aliphatic rings. The van der Waals surface area contributed by atoms with Gasteiger partial charge in [-0.2, -0.15) is 5.10 Å². The molecule has 3 aromatic rings. The van der Waals surface area contributed by atoms with E-state index < -0.39 is 22.5 Å². The molecule has 0 aliphatic heterocycles. The number of nitrogens with zero attached hydrogens (tertiary/aromatic N) is 2. The van der Waals surface area contributed by atoms with Gasteiger partial charge in [-0.3, -0.25) is 9.10 Å². The zero-order valence-electron chi connectivity index (χ0n) is 15.4. The van der Waals surface area contributed by atoms with Gasteiger partial charge in [-0.15, -0.1) is 0 Å². The highest BCUT2D eigenvalue weighted by Gasteiger charge is 2.20. The Hall–Kier alpha value is -2.66. The van der Waals surface area contributed by atoms with Crippen molar-refractivity contribution in [1.29, 1.82) is 0 Å². The van der Waals surface area contributed by atoms with Crippen molar-refractivity contribution in [2.45, 2.75) is 0 Å². The van der Waals surface area contributed by atoms with E-state index in [1.807, 2.05) is 24.3 Å². The number of benzene rings is 3. The maximum absolute atomic E-state index is 12.3. The minimum absolute atomic E-state index is 0.0262. The van der Waals surface area contributed by atoms with E-state index in [4.69, 9.17) is 0 Å². The Kier molecular flexibility index (Phi) is 6.38. The molecule has 0 spiro atoms. The van der Waals surface area contributed by atoms with Crippen LogP contribution in [0, 0.1) is 3.57 Å². The lowest BCUT2D eigenvalue weighted by Gasteiger charge is -2.21. The Bertz CT molecular complexity index is 1180. The summed E-state index contributed by atoms with van der Waals surface area (Å²) in [6, 6.07) is 17.6. The monoisotopic (exact) mass is 523 g/mol. The number of phenolic OH excluding ortho intramolecular Hbond substituents is 1. The molecule has 0 radical (unpaired) electrons. The first-order chi connectivity index (χ1) is 13.8. The number of hydrogen-bond acceptors (Lipinski definition) is 5. The van der Waals surface area contributed by atoms with E-state index in [9.17, 15) is 18.3 Å². The lowest BCUT2D eigenvalue weighted by Crippen LogP contribution is -2.39. The predicted molar refractivity (Wildman–Crippen MR) is 123 cm³/mol. The molecule has 7 nitrogen and oxygen atoms in total. The van der Waals surface area contributed by atoms with Gasteiger partial charge < -0.3 is 5.11 Å². The van der Waals surface area contributed by atoms with Crippen molar-refractivity contribution in [2.75, 3.05) is 17.1 Å². The van der Waals surface area contributed by atoms with Crippen molar-refractivity contribution in [3.63, 3.8) is 0 Å². The van der Waals surface area contributed by atoms with Gasteiger partial charge in [0.25, 0.3) is 5.91 Å². The lowest BCUT2D eigenvalue weighted by molar-refractivity contribution is -0.119. The van der Waals surface area contributed by atoms with Crippen LogP contribution in [0.3, 0.4) is 0 Å². The zero-order chi connectivity index (χ0) is 21.0. The van der Waals surface area contributed by atoms with Gasteiger partial charge in [0.1, 0.15) is 12.3 Å². The van der Waals surface area contributed by atoms with Gasteiger partial charge in [0.2, 0.25) is 10.0 Å². The van der Waals surface area contributed by atoms with Crippen LogP contribution in [0.5, 0.6) is 5.75 Å². The molecule has 3 aromatic carbocycles. The van der Waals surface area contributed by atoms with E-state index in [0.717, 1.165) is 24.9 Å². The summed E-state index contributed by atoms with van der Waals surface area (Å²) in [6.45, 7) is -0.418. The first kappa shape index (κ1) is 21.1. The normalized spacial score (nSPS) is 11.7. The molecule has 29 heavy (non-hydrogen) atoms. The molecule has 0 atom stereocenters. The number of hydrogen-bond donors (Lipinski definition) is 2. The van der Waals surface area contributed by atoms with Crippen LogP contribution in [-0.4, -0.2) is 38.4 Å². The molecule has 3 rings (SSSR count). The molecule has 150 valence electrons. The van der Waals surface area contributed by atoms with Crippen molar-refractivity contribution in [3.05, 3.63) is 69.8 Å². The molecule has 0 saturated carbocycles. The Balaban J connectivity index is 1.76. The first-order valence-corrected chi connectivity index (χ1v) is 11.4. The molecule has 0 heterocycles. The Morgan fingerprint density at radius 2 is 1.83 bits per heavy atom. The van der Waals surface area contributed by atoms with Gasteiger partial charge in [0.15, 0.2) is 0 Å². The Morgan fingerprint density at radius 3 is 2.52 bits per heavy atom. The van der Waals surface area contributed by atoms with Gasteiger partial charge >= 0.3 is 0 Å². The number of aromatic hydroxyl groups is 1. The number of nitrogens with one attached hydrogen (secondary N) is 1.